The normalized spacial score (nSPS) is 23.6. The van der Waals surface area contributed by atoms with Gasteiger partial charge in [0.15, 0.2) is 0 Å². The lowest BCUT2D eigenvalue weighted by atomic mass is 9.51. The molecule has 0 bridgehead atoms. The van der Waals surface area contributed by atoms with Crippen LogP contribution < -0.4 is 0 Å². The van der Waals surface area contributed by atoms with Crippen molar-refractivity contribution < 1.29 is 19.4 Å². The first-order chi connectivity index (χ1) is 13.6. The molecule has 28 heavy (non-hydrogen) atoms. The van der Waals surface area contributed by atoms with E-state index in [2.05, 4.69) is 6.92 Å². The maximum atomic E-state index is 12.5. The first kappa shape index (κ1) is 20.1. The average molecular weight is 380 g/mol. The van der Waals surface area contributed by atoms with Crippen LogP contribution in [-0.2, 0) is 14.3 Å². The van der Waals surface area contributed by atoms with Crippen LogP contribution in [0.5, 0.6) is 0 Å². The van der Waals surface area contributed by atoms with Crippen LogP contribution in [0.3, 0.4) is 0 Å². The van der Waals surface area contributed by atoms with Gasteiger partial charge in [-0.1, -0.05) is 80.4 Å². The van der Waals surface area contributed by atoms with Crippen molar-refractivity contribution >= 4 is 11.9 Å². The predicted molar refractivity (Wildman–Crippen MR) is 108 cm³/mol. The highest BCUT2D eigenvalue weighted by molar-refractivity contribution is 5.77. The number of benzene rings is 2. The summed E-state index contributed by atoms with van der Waals surface area (Å²) in [7, 11) is 0. The highest BCUT2D eigenvalue weighted by atomic mass is 16.5. The Bertz CT molecular complexity index is 724. The van der Waals surface area contributed by atoms with Gasteiger partial charge >= 0.3 is 11.9 Å². The molecule has 1 fully saturated rings. The summed E-state index contributed by atoms with van der Waals surface area (Å²) in [5.74, 6) is -2.03. The molecule has 4 heteroatoms. The van der Waals surface area contributed by atoms with Crippen molar-refractivity contribution in [2.24, 2.45) is 11.8 Å². The zero-order valence-electron chi connectivity index (χ0n) is 16.3. The minimum absolute atomic E-state index is 0.0791. The molecule has 2 aromatic rings. The number of carboxylic acids is 1. The van der Waals surface area contributed by atoms with Crippen molar-refractivity contribution in [1.29, 1.82) is 0 Å². The molecule has 3 rings (SSSR count). The first-order valence-electron chi connectivity index (χ1n) is 10.1. The van der Waals surface area contributed by atoms with Crippen LogP contribution >= 0.6 is 0 Å². The lowest BCUT2D eigenvalue weighted by molar-refractivity contribution is -0.155. The maximum absolute atomic E-state index is 12.5. The van der Waals surface area contributed by atoms with Crippen molar-refractivity contribution in [2.75, 3.05) is 6.61 Å². The van der Waals surface area contributed by atoms with Crippen LogP contribution in [0.4, 0.5) is 0 Å². The van der Waals surface area contributed by atoms with Crippen LogP contribution in [0.25, 0.3) is 0 Å². The Hall–Kier alpha value is -2.62. The lowest BCUT2D eigenvalue weighted by Gasteiger charge is -2.50. The van der Waals surface area contributed by atoms with E-state index in [0.717, 1.165) is 30.4 Å². The van der Waals surface area contributed by atoms with Crippen LogP contribution in [0.1, 0.15) is 55.6 Å². The number of carbonyl (C=O) groups excluding carboxylic acids is 1. The molecule has 0 saturated heterocycles. The molecule has 0 unspecified atom stereocenters. The SMILES string of the molecule is CCCCCOC(=O)CC1[C@H](c2ccccc2)C(C(=O)O)[C@H]1c1ccccc1. The zero-order chi connectivity index (χ0) is 19.9. The smallest absolute Gasteiger partial charge is 0.307 e. The molecule has 0 amide bonds. The Morgan fingerprint density at radius 3 is 1.89 bits per heavy atom. The third kappa shape index (κ3) is 4.44. The molecule has 0 heterocycles. The minimum Gasteiger partial charge on any atom is -0.481 e. The van der Waals surface area contributed by atoms with Gasteiger partial charge < -0.3 is 9.84 Å². The number of ether oxygens (including phenoxy) is 1. The summed E-state index contributed by atoms with van der Waals surface area (Å²) in [6, 6.07) is 19.4. The topological polar surface area (TPSA) is 63.6 Å². The quantitative estimate of drug-likeness (QED) is 0.491. The van der Waals surface area contributed by atoms with E-state index in [-0.39, 0.29) is 30.1 Å². The maximum Gasteiger partial charge on any atom is 0.307 e. The van der Waals surface area contributed by atoms with E-state index >= 15 is 0 Å². The number of carbonyl (C=O) groups is 2. The van der Waals surface area contributed by atoms with E-state index < -0.39 is 11.9 Å². The van der Waals surface area contributed by atoms with Crippen molar-refractivity contribution in [1.82, 2.24) is 0 Å². The molecule has 2 atom stereocenters. The third-order valence-electron chi connectivity index (χ3n) is 5.76. The lowest BCUT2D eigenvalue weighted by Crippen LogP contribution is -2.48. The molecular weight excluding hydrogens is 352 g/mol. The molecular formula is C24H28O4. The highest BCUT2D eigenvalue weighted by Crippen LogP contribution is 2.58. The van der Waals surface area contributed by atoms with Crippen LogP contribution in [0, 0.1) is 11.8 Å². The fourth-order valence-electron chi connectivity index (χ4n) is 4.44. The molecule has 0 aromatic heterocycles. The van der Waals surface area contributed by atoms with Gasteiger partial charge in [0.1, 0.15) is 0 Å². The Labute approximate surface area is 166 Å². The van der Waals surface area contributed by atoms with Crippen molar-refractivity contribution in [3.63, 3.8) is 0 Å². The standard InChI is InChI=1S/C24H28O4/c1-2-3-10-15-28-20(25)16-19-21(17-11-6-4-7-12-17)23(24(26)27)22(19)18-13-8-5-9-14-18/h4-9,11-14,19,21-23H,2-3,10,15-16H2,1H3,(H,26,27)/t19?,21-,22-,23?/m0/s1. The predicted octanol–water partition coefficient (Wildman–Crippen LogP) is 5.01. The number of aliphatic carboxylic acids is 1. The molecule has 1 aliphatic carbocycles. The van der Waals surface area contributed by atoms with E-state index in [1.807, 2.05) is 60.7 Å². The van der Waals surface area contributed by atoms with Gasteiger partial charge in [0.25, 0.3) is 0 Å². The van der Waals surface area contributed by atoms with Gasteiger partial charge in [-0.15, -0.1) is 0 Å². The van der Waals surface area contributed by atoms with E-state index in [1.54, 1.807) is 0 Å². The summed E-state index contributed by atoms with van der Waals surface area (Å²) in [5, 5.41) is 9.93. The van der Waals surface area contributed by atoms with Crippen LogP contribution in [-0.4, -0.2) is 23.7 Å². The van der Waals surface area contributed by atoms with Gasteiger partial charge in [0, 0.05) is 18.3 Å². The second-order valence-corrected chi connectivity index (χ2v) is 7.53. The average Bonchev–Trinajstić information content (AvgIpc) is 2.69. The van der Waals surface area contributed by atoms with E-state index in [4.69, 9.17) is 4.74 Å². The fraction of sp³-hybridized carbons (Fsp3) is 0.417. The van der Waals surface area contributed by atoms with E-state index in [1.165, 1.54) is 0 Å². The Kier molecular flexibility index (Phi) is 6.85. The monoisotopic (exact) mass is 380 g/mol. The number of hydrogen-bond acceptors (Lipinski definition) is 3. The summed E-state index contributed by atoms with van der Waals surface area (Å²) >= 11 is 0. The molecule has 4 nitrogen and oxygen atoms in total. The molecule has 148 valence electrons. The number of unbranched alkanes of at least 4 members (excludes halogenated alkanes) is 2. The summed E-state index contributed by atoms with van der Waals surface area (Å²) in [6.07, 6.45) is 3.23. The van der Waals surface area contributed by atoms with Crippen LogP contribution in [0.15, 0.2) is 60.7 Å². The van der Waals surface area contributed by atoms with Crippen molar-refractivity contribution in [3.05, 3.63) is 71.8 Å². The van der Waals surface area contributed by atoms with Gasteiger partial charge in [-0.2, -0.15) is 0 Å². The van der Waals surface area contributed by atoms with Gasteiger partial charge in [-0.3, -0.25) is 9.59 Å². The number of esters is 1. The molecule has 0 aliphatic heterocycles. The number of hydrogen-bond donors (Lipinski definition) is 1. The molecule has 1 aliphatic rings. The first-order valence-corrected chi connectivity index (χ1v) is 10.1. The van der Waals surface area contributed by atoms with Gasteiger partial charge in [0.2, 0.25) is 0 Å². The Balaban J connectivity index is 1.82. The molecule has 1 saturated carbocycles. The minimum atomic E-state index is -0.810. The zero-order valence-corrected chi connectivity index (χ0v) is 16.3. The largest absolute Gasteiger partial charge is 0.481 e. The summed E-state index contributed by atoms with van der Waals surface area (Å²) in [5.41, 5.74) is 1.96. The molecule has 1 N–H and O–H groups in total. The van der Waals surface area contributed by atoms with Gasteiger partial charge in [0.05, 0.1) is 12.5 Å². The van der Waals surface area contributed by atoms with Crippen LogP contribution in [0.2, 0.25) is 0 Å². The molecule has 0 spiro atoms. The second kappa shape index (κ2) is 9.54. The van der Waals surface area contributed by atoms with E-state index in [0.29, 0.717) is 6.61 Å². The Morgan fingerprint density at radius 2 is 1.43 bits per heavy atom. The molecule has 0 radical (unpaired) electrons. The second-order valence-electron chi connectivity index (χ2n) is 7.53. The number of carboxylic acid groups (broad SMARTS) is 1. The number of rotatable bonds is 9. The van der Waals surface area contributed by atoms with Crippen molar-refractivity contribution in [3.8, 4) is 0 Å². The molecule has 2 aromatic carbocycles. The summed E-state index contributed by atoms with van der Waals surface area (Å²) in [6.45, 7) is 2.55. The van der Waals surface area contributed by atoms with E-state index in [9.17, 15) is 14.7 Å². The Morgan fingerprint density at radius 1 is 0.893 bits per heavy atom. The van der Waals surface area contributed by atoms with Gasteiger partial charge in [-0.05, 0) is 23.5 Å². The fourth-order valence-corrected chi connectivity index (χ4v) is 4.44. The third-order valence-corrected chi connectivity index (χ3v) is 5.76. The highest BCUT2D eigenvalue weighted by Gasteiger charge is 2.55. The summed E-state index contributed by atoms with van der Waals surface area (Å²) in [4.78, 5) is 24.6. The van der Waals surface area contributed by atoms with Gasteiger partial charge in [-0.25, -0.2) is 0 Å². The summed E-state index contributed by atoms with van der Waals surface area (Å²) < 4.78 is 5.43. The van der Waals surface area contributed by atoms with Crippen molar-refractivity contribution in [2.45, 2.75) is 44.4 Å².